The zero-order chi connectivity index (χ0) is 21.5. The van der Waals surface area contributed by atoms with Crippen LogP contribution in [0.3, 0.4) is 0 Å². The standard InChI is InChI=1S/C20H25N3O6S/c24-12-21-17(19(26)22-30-16-5-6-16)9-13-1-3-15(4-2-13)29-11-18(25)23-8-7-14(10-23)20(27)28/h1-4,12,14,16-17H,5-11H2,(H,21,24)(H,22,26)(H,27,28). The molecule has 0 spiro atoms. The quantitative estimate of drug-likeness (QED) is 0.343. The Balaban J connectivity index is 1.46. The first-order valence-corrected chi connectivity index (χ1v) is 10.7. The first kappa shape index (κ1) is 21.9. The predicted molar refractivity (Wildman–Crippen MR) is 110 cm³/mol. The fourth-order valence-electron chi connectivity index (χ4n) is 3.09. The first-order chi connectivity index (χ1) is 14.5. The van der Waals surface area contributed by atoms with Crippen LogP contribution in [-0.2, 0) is 25.6 Å². The lowest BCUT2D eigenvalue weighted by atomic mass is 10.1. The van der Waals surface area contributed by atoms with E-state index < -0.39 is 17.9 Å². The Bertz CT molecular complexity index is 783. The minimum Gasteiger partial charge on any atom is -0.484 e. The van der Waals surface area contributed by atoms with E-state index in [1.807, 2.05) is 0 Å². The van der Waals surface area contributed by atoms with Crippen LogP contribution in [0, 0.1) is 5.92 Å². The zero-order valence-electron chi connectivity index (χ0n) is 16.4. The molecule has 30 heavy (non-hydrogen) atoms. The number of benzene rings is 1. The molecule has 1 saturated carbocycles. The number of hydrogen-bond donors (Lipinski definition) is 3. The van der Waals surface area contributed by atoms with Crippen molar-refractivity contribution in [2.75, 3.05) is 19.7 Å². The molecule has 1 aliphatic heterocycles. The number of nitrogens with one attached hydrogen (secondary N) is 2. The van der Waals surface area contributed by atoms with Gasteiger partial charge in [-0.05, 0) is 48.9 Å². The minimum atomic E-state index is -0.885. The predicted octanol–water partition coefficient (Wildman–Crippen LogP) is 0.582. The fourth-order valence-corrected chi connectivity index (χ4v) is 3.89. The van der Waals surface area contributed by atoms with Crippen LogP contribution < -0.4 is 14.8 Å². The molecule has 1 aromatic carbocycles. The third kappa shape index (κ3) is 6.38. The van der Waals surface area contributed by atoms with E-state index in [-0.39, 0.29) is 25.0 Å². The number of carboxylic acids is 1. The van der Waals surface area contributed by atoms with Crippen LogP contribution in [0.1, 0.15) is 24.8 Å². The number of carbonyl (C=O) groups excluding carboxylic acids is 3. The van der Waals surface area contributed by atoms with E-state index in [9.17, 15) is 19.2 Å². The molecule has 2 aliphatic rings. The van der Waals surface area contributed by atoms with Crippen LogP contribution >= 0.6 is 11.9 Å². The maximum absolute atomic E-state index is 12.2. The van der Waals surface area contributed by atoms with Crippen molar-refractivity contribution in [3.8, 4) is 5.75 Å². The molecular weight excluding hydrogens is 410 g/mol. The van der Waals surface area contributed by atoms with Crippen LogP contribution in [0.4, 0.5) is 0 Å². The van der Waals surface area contributed by atoms with E-state index in [4.69, 9.17) is 9.84 Å². The van der Waals surface area contributed by atoms with Crippen molar-refractivity contribution >= 4 is 36.1 Å². The van der Waals surface area contributed by atoms with Crippen molar-refractivity contribution in [3.05, 3.63) is 29.8 Å². The van der Waals surface area contributed by atoms with E-state index in [2.05, 4.69) is 10.0 Å². The summed E-state index contributed by atoms with van der Waals surface area (Å²) in [6, 6.07) is 6.27. The first-order valence-electron chi connectivity index (χ1n) is 9.83. The number of amides is 3. The smallest absolute Gasteiger partial charge is 0.308 e. The van der Waals surface area contributed by atoms with E-state index in [1.54, 1.807) is 24.3 Å². The number of carboxylic acid groups (broad SMARTS) is 1. The second-order valence-electron chi connectivity index (χ2n) is 7.42. The Morgan fingerprint density at radius 3 is 2.57 bits per heavy atom. The number of nitrogens with zero attached hydrogens (tertiary/aromatic N) is 1. The second kappa shape index (κ2) is 10.3. The van der Waals surface area contributed by atoms with Crippen molar-refractivity contribution in [3.63, 3.8) is 0 Å². The van der Waals surface area contributed by atoms with Crippen molar-refractivity contribution in [2.45, 2.75) is 37.0 Å². The summed E-state index contributed by atoms with van der Waals surface area (Å²) in [7, 11) is 0. The Hall–Kier alpha value is -2.75. The van der Waals surface area contributed by atoms with Gasteiger partial charge in [0.1, 0.15) is 11.8 Å². The van der Waals surface area contributed by atoms with Gasteiger partial charge in [0.2, 0.25) is 6.41 Å². The molecule has 3 rings (SSSR count). The van der Waals surface area contributed by atoms with Gasteiger partial charge < -0.3 is 20.1 Å². The third-order valence-corrected chi connectivity index (χ3v) is 6.18. The van der Waals surface area contributed by atoms with Crippen LogP contribution in [0.5, 0.6) is 5.75 Å². The molecule has 1 aliphatic carbocycles. The fraction of sp³-hybridized carbons (Fsp3) is 0.500. The van der Waals surface area contributed by atoms with Crippen LogP contribution in [0.15, 0.2) is 24.3 Å². The summed E-state index contributed by atoms with van der Waals surface area (Å²) in [5, 5.41) is 12.0. The molecule has 3 N–H and O–H groups in total. The Labute approximate surface area is 178 Å². The lowest BCUT2D eigenvalue weighted by Gasteiger charge is -2.17. The SMILES string of the molecule is O=CNC(Cc1ccc(OCC(=O)N2CCC(C(=O)O)C2)cc1)C(=O)NSC1CC1. The number of likely N-dealkylation sites (tertiary alicyclic amines) is 1. The Morgan fingerprint density at radius 2 is 1.97 bits per heavy atom. The molecule has 1 saturated heterocycles. The van der Waals surface area contributed by atoms with E-state index in [0.29, 0.717) is 36.8 Å². The monoisotopic (exact) mass is 435 g/mol. The Kier molecular flexibility index (Phi) is 7.56. The number of ether oxygens (including phenoxy) is 1. The van der Waals surface area contributed by atoms with Crippen LogP contribution in [-0.4, -0.2) is 65.2 Å². The van der Waals surface area contributed by atoms with Gasteiger partial charge in [-0.15, -0.1) is 0 Å². The number of aliphatic carboxylic acids is 1. The highest BCUT2D eigenvalue weighted by molar-refractivity contribution is 7.98. The molecule has 10 heteroatoms. The summed E-state index contributed by atoms with van der Waals surface area (Å²) in [5.74, 6) is -1.39. The van der Waals surface area contributed by atoms with Gasteiger partial charge >= 0.3 is 5.97 Å². The Morgan fingerprint density at radius 1 is 1.23 bits per heavy atom. The maximum atomic E-state index is 12.2. The van der Waals surface area contributed by atoms with Crippen LogP contribution in [0.25, 0.3) is 0 Å². The highest BCUT2D eigenvalue weighted by Gasteiger charge is 2.31. The summed E-state index contributed by atoms with van der Waals surface area (Å²) >= 11 is 1.40. The molecule has 2 unspecified atom stereocenters. The minimum absolute atomic E-state index is 0.165. The number of carbonyl (C=O) groups is 4. The average molecular weight is 436 g/mol. The van der Waals surface area contributed by atoms with E-state index in [1.165, 1.54) is 16.8 Å². The van der Waals surface area contributed by atoms with Crippen molar-refractivity contribution in [1.82, 2.24) is 14.9 Å². The molecule has 2 atom stereocenters. The summed E-state index contributed by atoms with van der Waals surface area (Å²) in [5.41, 5.74) is 0.837. The highest BCUT2D eigenvalue weighted by atomic mass is 32.2. The summed E-state index contributed by atoms with van der Waals surface area (Å²) < 4.78 is 8.29. The average Bonchev–Trinajstić information content (AvgIpc) is 3.43. The largest absolute Gasteiger partial charge is 0.484 e. The lowest BCUT2D eigenvalue weighted by molar-refractivity contribution is -0.141. The zero-order valence-corrected chi connectivity index (χ0v) is 17.2. The second-order valence-corrected chi connectivity index (χ2v) is 8.53. The maximum Gasteiger partial charge on any atom is 0.308 e. The molecule has 0 radical (unpaired) electrons. The molecule has 162 valence electrons. The molecule has 2 fully saturated rings. The van der Waals surface area contributed by atoms with Gasteiger partial charge in [-0.25, -0.2) is 0 Å². The summed E-state index contributed by atoms with van der Waals surface area (Å²) in [4.78, 5) is 47.8. The van der Waals surface area contributed by atoms with Gasteiger partial charge in [-0.1, -0.05) is 12.1 Å². The summed E-state index contributed by atoms with van der Waals surface area (Å²) in [6.45, 7) is 0.467. The molecular formula is C20H25N3O6S. The van der Waals surface area contributed by atoms with Crippen molar-refractivity contribution in [2.24, 2.45) is 5.92 Å². The van der Waals surface area contributed by atoms with Gasteiger partial charge in [0.15, 0.2) is 6.61 Å². The van der Waals surface area contributed by atoms with Gasteiger partial charge in [-0.3, -0.25) is 23.9 Å². The van der Waals surface area contributed by atoms with E-state index in [0.717, 1.165) is 18.4 Å². The highest BCUT2D eigenvalue weighted by Crippen LogP contribution is 2.31. The van der Waals surface area contributed by atoms with Gasteiger partial charge in [0.25, 0.3) is 11.8 Å². The van der Waals surface area contributed by atoms with Crippen molar-refractivity contribution < 1.29 is 29.0 Å². The van der Waals surface area contributed by atoms with Gasteiger partial charge in [0.05, 0.1) is 5.92 Å². The topological polar surface area (TPSA) is 125 Å². The normalized spacial score (nSPS) is 19.1. The number of hydrogen-bond acceptors (Lipinski definition) is 6. The number of rotatable bonds is 11. The molecule has 9 nitrogen and oxygen atoms in total. The lowest BCUT2D eigenvalue weighted by Crippen LogP contribution is -2.43. The molecule has 1 heterocycles. The molecule has 0 bridgehead atoms. The van der Waals surface area contributed by atoms with Gasteiger partial charge in [0, 0.05) is 24.8 Å². The third-order valence-electron chi connectivity index (χ3n) is 5.05. The van der Waals surface area contributed by atoms with Gasteiger partial charge in [-0.2, -0.15) is 0 Å². The molecule has 0 aromatic heterocycles. The molecule has 1 aromatic rings. The molecule has 3 amide bonds. The summed E-state index contributed by atoms with van der Waals surface area (Å²) in [6.07, 6.45) is 3.50. The van der Waals surface area contributed by atoms with Crippen LogP contribution in [0.2, 0.25) is 0 Å². The van der Waals surface area contributed by atoms with Crippen molar-refractivity contribution in [1.29, 1.82) is 0 Å². The van der Waals surface area contributed by atoms with E-state index >= 15 is 0 Å².